The SMILES string of the molecule is CCNC(=O)CN1CCN(C(=O)c2csc(C)n2)CC1. The van der Waals surface area contributed by atoms with Gasteiger partial charge in [-0.25, -0.2) is 4.98 Å². The summed E-state index contributed by atoms with van der Waals surface area (Å²) in [5.41, 5.74) is 0.532. The molecule has 0 saturated carbocycles. The standard InChI is InChI=1S/C13H20N4O2S/c1-3-14-12(18)8-16-4-6-17(7-5-16)13(19)11-9-20-10(2)15-11/h9H,3-8H2,1-2H3,(H,14,18). The van der Waals surface area contributed by atoms with Crippen LogP contribution in [0.2, 0.25) is 0 Å². The molecule has 2 heterocycles. The molecule has 0 atom stereocenters. The van der Waals surface area contributed by atoms with Crippen molar-refractivity contribution in [2.24, 2.45) is 0 Å². The number of thiazole rings is 1. The Morgan fingerprint density at radius 1 is 1.35 bits per heavy atom. The molecule has 110 valence electrons. The highest BCUT2D eigenvalue weighted by Crippen LogP contribution is 2.12. The summed E-state index contributed by atoms with van der Waals surface area (Å²) in [6.45, 7) is 7.61. The van der Waals surface area contributed by atoms with Crippen molar-refractivity contribution in [1.29, 1.82) is 0 Å². The quantitative estimate of drug-likeness (QED) is 0.870. The highest BCUT2D eigenvalue weighted by atomic mass is 32.1. The number of aryl methyl sites for hydroxylation is 1. The van der Waals surface area contributed by atoms with E-state index in [9.17, 15) is 9.59 Å². The highest BCUT2D eigenvalue weighted by Gasteiger charge is 2.24. The van der Waals surface area contributed by atoms with E-state index in [-0.39, 0.29) is 11.8 Å². The Labute approximate surface area is 122 Å². The summed E-state index contributed by atoms with van der Waals surface area (Å²) in [6, 6.07) is 0. The van der Waals surface area contributed by atoms with Crippen LogP contribution in [0.15, 0.2) is 5.38 Å². The topological polar surface area (TPSA) is 65.5 Å². The van der Waals surface area contributed by atoms with E-state index >= 15 is 0 Å². The van der Waals surface area contributed by atoms with Gasteiger partial charge in [0.15, 0.2) is 0 Å². The summed E-state index contributed by atoms with van der Waals surface area (Å²) < 4.78 is 0. The molecule has 1 fully saturated rings. The average molecular weight is 296 g/mol. The van der Waals surface area contributed by atoms with Gasteiger partial charge in [0.1, 0.15) is 5.69 Å². The maximum atomic E-state index is 12.2. The van der Waals surface area contributed by atoms with E-state index in [1.54, 1.807) is 5.38 Å². The fourth-order valence-corrected chi connectivity index (χ4v) is 2.78. The average Bonchev–Trinajstić information content (AvgIpc) is 2.86. The molecule has 7 heteroatoms. The second-order valence-electron chi connectivity index (χ2n) is 4.77. The predicted octanol–water partition coefficient (Wildman–Crippen LogP) is 0.345. The van der Waals surface area contributed by atoms with Gasteiger partial charge in [0, 0.05) is 38.1 Å². The molecule has 1 aromatic heterocycles. The highest BCUT2D eigenvalue weighted by molar-refractivity contribution is 7.09. The Morgan fingerprint density at radius 2 is 2.05 bits per heavy atom. The summed E-state index contributed by atoms with van der Waals surface area (Å²) >= 11 is 1.49. The van der Waals surface area contributed by atoms with Crippen LogP contribution in [0.25, 0.3) is 0 Å². The molecule has 1 aliphatic rings. The Balaban J connectivity index is 1.82. The molecule has 0 bridgehead atoms. The number of rotatable bonds is 4. The van der Waals surface area contributed by atoms with E-state index in [0.717, 1.165) is 18.1 Å². The van der Waals surface area contributed by atoms with Gasteiger partial charge in [-0.3, -0.25) is 14.5 Å². The largest absolute Gasteiger partial charge is 0.355 e. The van der Waals surface area contributed by atoms with Crippen molar-refractivity contribution in [3.8, 4) is 0 Å². The number of likely N-dealkylation sites (N-methyl/N-ethyl adjacent to an activating group) is 1. The maximum absolute atomic E-state index is 12.2. The van der Waals surface area contributed by atoms with Gasteiger partial charge in [-0.2, -0.15) is 0 Å². The van der Waals surface area contributed by atoms with Gasteiger partial charge in [-0.15, -0.1) is 11.3 Å². The number of hydrogen-bond acceptors (Lipinski definition) is 5. The third-order valence-corrected chi connectivity index (χ3v) is 4.01. The monoisotopic (exact) mass is 296 g/mol. The Kier molecular flexibility index (Phi) is 5.08. The molecule has 0 spiro atoms. The molecule has 0 aromatic carbocycles. The van der Waals surface area contributed by atoms with E-state index in [0.29, 0.717) is 31.9 Å². The smallest absolute Gasteiger partial charge is 0.273 e. The molecule has 2 amide bonds. The minimum atomic E-state index is -0.00740. The second kappa shape index (κ2) is 6.81. The van der Waals surface area contributed by atoms with Gasteiger partial charge in [0.25, 0.3) is 5.91 Å². The lowest BCUT2D eigenvalue weighted by Crippen LogP contribution is -2.51. The van der Waals surface area contributed by atoms with E-state index in [1.807, 2.05) is 18.7 Å². The van der Waals surface area contributed by atoms with Gasteiger partial charge in [-0.1, -0.05) is 0 Å². The normalized spacial score (nSPS) is 16.2. The van der Waals surface area contributed by atoms with Crippen LogP contribution in [0.1, 0.15) is 22.4 Å². The molecule has 20 heavy (non-hydrogen) atoms. The van der Waals surface area contributed by atoms with Crippen LogP contribution in [0, 0.1) is 6.92 Å². The minimum Gasteiger partial charge on any atom is -0.355 e. The molecule has 1 N–H and O–H groups in total. The second-order valence-corrected chi connectivity index (χ2v) is 5.84. The number of amides is 2. The molecule has 0 radical (unpaired) electrons. The Hall–Kier alpha value is -1.47. The molecule has 1 aromatic rings. The Bertz CT molecular complexity index is 480. The molecular weight excluding hydrogens is 276 g/mol. The Morgan fingerprint density at radius 3 is 2.60 bits per heavy atom. The van der Waals surface area contributed by atoms with Crippen molar-refractivity contribution >= 4 is 23.2 Å². The van der Waals surface area contributed by atoms with Gasteiger partial charge in [0.05, 0.1) is 11.6 Å². The fourth-order valence-electron chi connectivity index (χ4n) is 2.19. The van der Waals surface area contributed by atoms with Crippen LogP contribution in [0.5, 0.6) is 0 Å². The molecule has 1 aliphatic heterocycles. The first kappa shape index (κ1) is 14.9. The number of nitrogens with one attached hydrogen (secondary N) is 1. The first-order chi connectivity index (χ1) is 9.60. The molecular formula is C13H20N4O2S. The predicted molar refractivity (Wildman–Crippen MR) is 77.9 cm³/mol. The van der Waals surface area contributed by atoms with Gasteiger partial charge in [0.2, 0.25) is 5.91 Å². The van der Waals surface area contributed by atoms with E-state index in [2.05, 4.69) is 15.2 Å². The third-order valence-electron chi connectivity index (χ3n) is 3.24. The summed E-state index contributed by atoms with van der Waals surface area (Å²) in [6.07, 6.45) is 0. The van der Waals surface area contributed by atoms with Crippen molar-refractivity contribution in [2.75, 3.05) is 39.3 Å². The number of carbonyl (C=O) groups is 2. The van der Waals surface area contributed by atoms with Crippen molar-refractivity contribution in [1.82, 2.24) is 20.1 Å². The van der Waals surface area contributed by atoms with Crippen LogP contribution in [-0.4, -0.2) is 65.9 Å². The lowest BCUT2D eigenvalue weighted by atomic mass is 10.3. The van der Waals surface area contributed by atoms with Gasteiger partial charge >= 0.3 is 0 Å². The van der Waals surface area contributed by atoms with Gasteiger partial charge in [-0.05, 0) is 13.8 Å². The van der Waals surface area contributed by atoms with Gasteiger partial charge < -0.3 is 10.2 Å². The number of carbonyl (C=O) groups excluding carboxylic acids is 2. The molecule has 0 aliphatic carbocycles. The molecule has 0 unspecified atom stereocenters. The summed E-state index contributed by atoms with van der Waals surface area (Å²) in [7, 11) is 0. The first-order valence-electron chi connectivity index (χ1n) is 6.80. The van der Waals surface area contributed by atoms with Crippen LogP contribution < -0.4 is 5.32 Å². The number of piperazine rings is 1. The maximum Gasteiger partial charge on any atom is 0.273 e. The summed E-state index contributed by atoms with van der Waals surface area (Å²) in [5.74, 6) is 0.0365. The lowest BCUT2D eigenvalue weighted by Gasteiger charge is -2.33. The van der Waals surface area contributed by atoms with Crippen LogP contribution in [0.3, 0.4) is 0 Å². The summed E-state index contributed by atoms with van der Waals surface area (Å²) in [4.78, 5) is 31.8. The van der Waals surface area contributed by atoms with Crippen molar-refractivity contribution in [3.63, 3.8) is 0 Å². The van der Waals surface area contributed by atoms with E-state index < -0.39 is 0 Å². The zero-order chi connectivity index (χ0) is 14.5. The van der Waals surface area contributed by atoms with Crippen molar-refractivity contribution in [2.45, 2.75) is 13.8 Å². The van der Waals surface area contributed by atoms with Crippen LogP contribution in [-0.2, 0) is 4.79 Å². The first-order valence-corrected chi connectivity index (χ1v) is 7.68. The molecule has 2 rings (SSSR count). The number of aromatic nitrogens is 1. The van der Waals surface area contributed by atoms with E-state index in [1.165, 1.54) is 11.3 Å². The third kappa shape index (κ3) is 3.77. The fraction of sp³-hybridized carbons (Fsp3) is 0.615. The lowest BCUT2D eigenvalue weighted by molar-refractivity contribution is -0.122. The number of hydrogen-bond donors (Lipinski definition) is 1. The van der Waals surface area contributed by atoms with E-state index in [4.69, 9.17) is 0 Å². The van der Waals surface area contributed by atoms with Crippen molar-refractivity contribution in [3.05, 3.63) is 16.1 Å². The molecule has 6 nitrogen and oxygen atoms in total. The zero-order valence-electron chi connectivity index (χ0n) is 11.9. The molecule has 1 saturated heterocycles. The zero-order valence-corrected chi connectivity index (χ0v) is 12.7. The number of nitrogens with zero attached hydrogens (tertiary/aromatic N) is 3. The van der Waals surface area contributed by atoms with Crippen molar-refractivity contribution < 1.29 is 9.59 Å². The minimum absolute atomic E-state index is 0.00740. The summed E-state index contributed by atoms with van der Waals surface area (Å²) in [5, 5.41) is 5.50. The van der Waals surface area contributed by atoms with Crippen LogP contribution >= 0.6 is 11.3 Å². The van der Waals surface area contributed by atoms with Crippen LogP contribution in [0.4, 0.5) is 0 Å².